The topological polar surface area (TPSA) is 109 Å². The number of likely N-dealkylation sites (N-methyl/N-ethyl adjacent to an activating group) is 1. The van der Waals surface area contributed by atoms with Crippen LogP contribution in [-0.2, 0) is 16.1 Å². The summed E-state index contributed by atoms with van der Waals surface area (Å²) in [5, 5.41) is 19.4. The number of carboxylic acid groups (broad SMARTS) is 2. The molecule has 2 aromatic rings. The Balaban J connectivity index is 1.33. The molecule has 0 spiro atoms. The number of methoxy groups -OCH3 is 1. The van der Waals surface area contributed by atoms with Crippen LogP contribution in [0.15, 0.2) is 54.1 Å². The minimum absolute atomic E-state index is 0.0651. The summed E-state index contributed by atoms with van der Waals surface area (Å²) in [6, 6.07) is 14.6. The van der Waals surface area contributed by atoms with Gasteiger partial charge in [-0.05, 0) is 42.8 Å². The molecule has 0 aliphatic carbocycles. The van der Waals surface area contributed by atoms with Crippen LogP contribution in [0.4, 0.5) is 4.79 Å². The van der Waals surface area contributed by atoms with E-state index in [2.05, 4.69) is 0 Å². The first-order valence-corrected chi connectivity index (χ1v) is 12.0. The SMILES string of the molecule is COc1ccccc1COCCCOc1ccc(C2=C(C(=O)O)[C@H]3CN(C(=O)O)C[C@@H](C2)N3C)cc1. The zero-order valence-corrected chi connectivity index (χ0v) is 20.6. The van der Waals surface area contributed by atoms with Gasteiger partial charge in [0.1, 0.15) is 11.5 Å². The van der Waals surface area contributed by atoms with Crippen LogP contribution >= 0.6 is 0 Å². The number of piperazine rings is 1. The molecule has 0 radical (unpaired) electrons. The van der Waals surface area contributed by atoms with Gasteiger partial charge in [0.05, 0.1) is 38.5 Å². The van der Waals surface area contributed by atoms with Crippen molar-refractivity contribution in [3.8, 4) is 11.5 Å². The molecule has 9 heteroatoms. The number of hydrogen-bond donors (Lipinski definition) is 2. The number of aliphatic carboxylic acids is 1. The number of para-hydroxylation sites is 1. The van der Waals surface area contributed by atoms with E-state index < -0.39 is 18.1 Å². The largest absolute Gasteiger partial charge is 0.496 e. The zero-order chi connectivity index (χ0) is 25.7. The molecule has 36 heavy (non-hydrogen) atoms. The molecule has 2 aromatic carbocycles. The van der Waals surface area contributed by atoms with Crippen LogP contribution < -0.4 is 9.47 Å². The van der Waals surface area contributed by atoms with Crippen LogP contribution in [0.2, 0.25) is 0 Å². The molecule has 0 saturated carbocycles. The molecule has 0 unspecified atom stereocenters. The van der Waals surface area contributed by atoms with Crippen molar-refractivity contribution in [1.29, 1.82) is 0 Å². The van der Waals surface area contributed by atoms with E-state index in [0.29, 0.717) is 38.5 Å². The Labute approximate surface area is 210 Å². The quantitative estimate of drug-likeness (QED) is 0.481. The average molecular weight is 497 g/mol. The second-order valence-corrected chi connectivity index (χ2v) is 9.01. The van der Waals surface area contributed by atoms with Gasteiger partial charge in [0, 0.05) is 31.1 Å². The van der Waals surface area contributed by atoms with Gasteiger partial charge in [0.2, 0.25) is 0 Å². The number of carboxylic acids is 1. The fourth-order valence-corrected chi connectivity index (χ4v) is 4.91. The van der Waals surface area contributed by atoms with Crippen LogP contribution in [0.1, 0.15) is 24.0 Å². The molecule has 2 bridgehead atoms. The number of hydrogen-bond acceptors (Lipinski definition) is 6. The lowest BCUT2D eigenvalue weighted by Gasteiger charge is -2.48. The molecular weight excluding hydrogens is 464 g/mol. The standard InChI is InChI=1S/C27H32N2O7/c1-28-20-14-22(25(26(30)31)23(28)16-29(15-20)27(32)33)18-8-10-21(11-9-18)36-13-5-12-35-17-19-6-3-4-7-24(19)34-2/h3-4,6-11,20,23H,5,12-17H2,1-2H3,(H,30,31)(H,32,33)/t20-,23-/m1/s1. The van der Waals surface area contributed by atoms with E-state index in [-0.39, 0.29) is 18.2 Å². The van der Waals surface area contributed by atoms with Gasteiger partial charge in [0.25, 0.3) is 0 Å². The number of ether oxygens (including phenoxy) is 3. The minimum atomic E-state index is -1.02. The summed E-state index contributed by atoms with van der Waals surface area (Å²) in [5.74, 6) is 0.495. The van der Waals surface area contributed by atoms with Crippen LogP contribution in [0.5, 0.6) is 11.5 Å². The van der Waals surface area contributed by atoms with Crippen molar-refractivity contribution in [3.63, 3.8) is 0 Å². The number of amides is 1. The van der Waals surface area contributed by atoms with E-state index in [1.54, 1.807) is 7.11 Å². The van der Waals surface area contributed by atoms with Crippen LogP contribution in [0.25, 0.3) is 5.57 Å². The highest BCUT2D eigenvalue weighted by molar-refractivity contribution is 5.98. The van der Waals surface area contributed by atoms with Crippen molar-refractivity contribution in [1.82, 2.24) is 9.80 Å². The fourth-order valence-electron chi connectivity index (χ4n) is 4.91. The summed E-state index contributed by atoms with van der Waals surface area (Å²) in [5.41, 5.74) is 2.85. The number of rotatable bonds is 10. The lowest BCUT2D eigenvalue weighted by atomic mass is 9.82. The third-order valence-corrected chi connectivity index (χ3v) is 6.85. The van der Waals surface area contributed by atoms with Crippen LogP contribution in [0.3, 0.4) is 0 Å². The Bertz CT molecular complexity index is 1120. The first kappa shape index (κ1) is 25.5. The highest BCUT2D eigenvalue weighted by atomic mass is 16.5. The van der Waals surface area contributed by atoms with Gasteiger partial charge in [-0.3, -0.25) is 4.90 Å². The van der Waals surface area contributed by atoms with Crippen molar-refractivity contribution in [2.45, 2.75) is 31.5 Å². The molecule has 4 rings (SSSR count). The summed E-state index contributed by atoms with van der Waals surface area (Å²) in [4.78, 5) is 27.0. The Morgan fingerprint density at radius 1 is 1.03 bits per heavy atom. The second-order valence-electron chi connectivity index (χ2n) is 9.01. The van der Waals surface area contributed by atoms with E-state index in [9.17, 15) is 19.8 Å². The maximum Gasteiger partial charge on any atom is 0.407 e. The fraction of sp³-hybridized carbons (Fsp3) is 0.407. The van der Waals surface area contributed by atoms with Gasteiger partial charge >= 0.3 is 12.1 Å². The smallest absolute Gasteiger partial charge is 0.407 e. The van der Waals surface area contributed by atoms with E-state index in [1.165, 1.54) is 4.90 Å². The Hall–Kier alpha value is -3.56. The lowest BCUT2D eigenvalue weighted by Crippen LogP contribution is -2.61. The van der Waals surface area contributed by atoms with Gasteiger partial charge in [0.15, 0.2) is 0 Å². The van der Waals surface area contributed by atoms with Crippen molar-refractivity contribution in [2.75, 3.05) is 40.5 Å². The number of benzene rings is 2. The molecule has 1 saturated heterocycles. The molecule has 2 aliphatic heterocycles. The van der Waals surface area contributed by atoms with Gasteiger partial charge in [-0.25, -0.2) is 9.59 Å². The second kappa shape index (κ2) is 11.5. The first-order chi connectivity index (χ1) is 17.4. The molecule has 2 N–H and O–H groups in total. The Kier molecular flexibility index (Phi) is 8.12. The Morgan fingerprint density at radius 3 is 2.47 bits per heavy atom. The summed E-state index contributed by atoms with van der Waals surface area (Å²) in [6.45, 7) is 2.02. The van der Waals surface area contributed by atoms with Crippen LogP contribution in [-0.4, -0.2) is 84.6 Å². The van der Waals surface area contributed by atoms with Crippen molar-refractivity contribution in [3.05, 3.63) is 65.2 Å². The number of fused-ring (bicyclic) bond motifs is 2. The predicted molar refractivity (Wildman–Crippen MR) is 133 cm³/mol. The monoisotopic (exact) mass is 496 g/mol. The van der Waals surface area contributed by atoms with Crippen molar-refractivity contribution in [2.24, 2.45) is 0 Å². The number of carbonyl (C=O) groups is 2. The van der Waals surface area contributed by atoms with Gasteiger partial charge in [-0.15, -0.1) is 0 Å². The summed E-state index contributed by atoms with van der Waals surface area (Å²) >= 11 is 0. The average Bonchev–Trinajstić information content (AvgIpc) is 2.86. The van der Waals surface area contributed by atoms with E-state index >= 15 is 0 Å². The highest BCUT2D eigenvalue weighted by Crippen LogP contribution is 2.38. The first-order valence-electron chi connectivity index (χ1n) is 12.0. The van der Waals surface area contributed by atoms with E-state index in [1.807, 2.05) is 60.5 Å². The van der Waals surface area contributed by atoms with E-state index in [0.717, 1.165) is 28.9 Å². The molecule has 1 fully saturated rings. The Morgan fingerprint density at radius 2 is 1.78 bits per heavy atom. The zero-order valence-electron chi connectivity index (χ0n) is 20.6. The van der Waals surface area contributed by atoms with Gasteiger partial charge < -0.3 is 29.3 Å². The number of nitrogens with zero attached hydrogens (tertiary/aromatic N) is 2. The maximum atomic E-state index is 12.2. The van der Waals surface area contributed by atoms with Gasteiger partial charge in [-0.1, -0.05) is 30.3 Å². The lowest BCUT2D eigenvalue weighted by molar-refractivity contribution is -0.134. The van der Waals surface area contributed by atoms with Crippen molar-refractivity contribution >= 4 is 17.6 Å². The summed E-state index contributed by atoms with van der Waals surface area (Å²) in [7, 11) is 3.51. The summed E-state index contributed by atoms with van der Waals surface area (Å²) < 4.78 is 16.9. The normalized spacial score (nSPS) is 19.8. The molecule has 192 valence electrons. The molecule has 1 amide bonds. The van der Waals surface area contributed by atoms with Crippen molar-refractivity contribution < 1.29 is 34.0 Å². The molecule has 9 nitrogen and oxygen atoms in total. The highest BCUT2D eigenvalue weighted by Gasteiger charge is 2.43. The molecule has 2 heterocycles. The predicted octanol–water partition coefficient (Wildman–Crippen LogP) is 3.59. The molecular formula is C27H32N2O7. The maximum absolute atomic E-state index is 12.2. The summed E-state index contributed by atoms with van der Waals surface area (Å²) in [6.07, 6.45) is 0.182. The molecule has 2 aliphatic rings. The molecule has 2 atom stereocenters. The van der Waals surface area contributed by atoms with Crippen LogP contribution in [0, 0.1) is 0 Å². The third kappa shape index (κ3) is 5.63. The van der Waals surface area contributed by atoms with E-state index in [4.69, 9.17) is 14.2 Å². The minimum Gasteiger partial charge on any atom is -0.496 e. The third-order valence-electron chi connectivity index (χ3n) is 6.85. The molecule has 0 aromatic heterocycles. The van der Waals surface area contributed by atoms with Gasteiger partial charge in [-0.2, -0.15) is 0 Å².